The van der Waals surface area contributed by atoms with Crippen molar-refractivity contribution in [2.45, 2.75) is 11.4 Å². The van der Waals surface area contributed by atoms with E-state index < -0.39 is 15.8 Å². The predicted octanol–water partition coefficient (Wildman–Crippen LogP) is 1.20. The number of hydrogen-bond donors (Lipinski definition) is 2. The van der Waals surface area contributed by atoms with Crippen molar-refractivity contribution < 1.29 is 12.8 Å². The van der Waals surface area contributed by atoms with Gasteiger partial charge in [0.15, 0.2) is 0 Å². The topological polar surface area (TPSA) is 84.0 Å². The largest absolute Gasteiger partial charge is 0.316 e. The van der Waals surface area contributed by atoms with Gasteiger partial charge in [0.1, 0.15) is 11.3 Å². The van der Waals surface area contributed by atoms with Gasteiger partial charge >= 0.3 is 0 Å². The molecule has 0 aliphatic heterocycles. The average Bonchev–Trinajstić information content (AvgIpc) is 2.84. The van der Waals surface area contributed by atoms with Crippen molar-refractivity contribution in [3.05, 3.63) is 35.1 Å². The van der Waals surface area contributed by atoms with Gasteiger partial charge in [0, 0.05) is 12.1 Å². The molecule has 0 saturated heterocycles. The molecule has 0 atom stereocenters. The van der Waals surface area contributed by atoms with Crippen molar-refractivity contribution in [2.75, 3.05) is 11.8 Å². The summed E-state index contributed by atoms with van der Waals surface area (Å²) in [4.78, 5) is -0.0191. The molecule has 0 bridgehead atoms. The molecule has 2 N–H and O–H groups in total. The SMILES string of the molecule is CNCc1cc(S(=O)(=O)Nc2nncs2)ccc1F. The van der Waals surface area contributed by atoms with Gasteiger partial charge in [-0.05, 0) is 25.2 Å². The number of sulfonamides is 1. The van der Waals surface area contributed by atoms with Crippen LogP contribution in [0, 0.1) is 5.82 Å². The summed E-state index contributed by atoms with van der Waals surface area (Å²) >= 11 is 1.06. The second-order valence-corrected chi connectivity index (χ2v) is 6.15. The lowest BCUT2D eigenvalue weighted by atomic mass is 10.2. The summed E-state index contributed by atoms with van der Waals surface area (Å²) in [6, 6.07) is 3.62. The quantitative estimate of drug-likeness (QED) is 0.867. The van der Waals surface area contributed by atoms with Gasteiger partial charge in [-0.2, -0.15) is 0 Å². The van der Waals surface area contributed by atoms with E-state index in [1.54, 1.807) is 7.05 Å². The Bertz CT molecular complexity index is 658. The molecule has 6 nitrogen and oxygen atoms in total. The minimum Gasteiger partial charge on any atom is -0.316 e. The third-order valence-corrected chi connectivity index (χ3v) is 4.35. The van der Waals surface area contributed by atoms with Crippen LogP contribution in [0.2, 0.25) is 0 Å². The summed E-state index contributed by atoms with van der Waals surface area (Å²) < 4.78 is 39.8. The normalized spacial score (nSPS) is 11.5. The van der Waals surface area contributed by atoms with E-state index in [0.717, 1.165) is 17.4 Å². The Morgan fingerprint density at radius 1 is 1.42 bits per heavy atom. The maximum absolute atomic E-state index is 13.4. The zero-order valence-corrected chi connectivity index (χ0v) is 11.6. The lowest BCUT2D eigenvalue weighted by Gasteiger charge is -2.08. The van der Waals surface area contributed by atoms with Gasteiger partial charge in [0.05, 0.1) is 4.90 Å². The molecule has 1 aromatic heterocycles. The molecule has 102 valence electrons. The highest BCUT2D eigenvalue weighted by Crippen LogP contribution is 2.19. The number of nitrogens with zero attached hydrogens (tertiary/aromatic N) is 2. The molecule has 0 fully saturated rings. The van der Waals surface area contributed by atoms with Gasteiger partial charge in [-0.15, -0.1) is 10.2 Å². The Morgan fingerprint density at radius 2 is 2.21 bits per heavy atom. The minimum atomic E-state index is -3.78. The van der Waals surface area contributed by atoms with E-state index in [1.807, 2.05) is 0 Å². The van der Waals surface area contributed by atoms with Crippen LogP contribution >= 0.6 is 11.3 Å². The summed E-state index contributed by atoms with van der Waals surface area (Å²) in [5.74, 6) is -0.454. The van der Waals surface area contributed by atoms with E-state index in [-0.39, 0.29) is 22.1 Å². The van der Waals surface area contributed by atoms with Crippen LogP contribution < -0.4 is 10.0 Å². The summed E-state index contributed by atoms with van der Waals surface area (Å²) in [6.45, 7) is 0.244. The average molecular weight is 302 g/mol. The van der Waals surface area contributed by atoms with E-state index in [2.05, 4.69) is 20.2 Å². The lowest BCUT2D eigenvalue weighted by Crippen LogP contribution is -2.14. The van der Waals surface area contributed by atoms with Crippen LogP contribution in [-0.2, 0) is 16.6 Å². The molecule has 2 aromatic rings. The fraction of sp³-hybridized carbons (Fsp3) is 0.200. The van der Waals surface area contributed by atoms with E-state index in [1.165, 1.54) is 17.6 Å². The van der Waals surface area contributed by atoms with Gasteiger partial charge in [-0.25, -0.2) is 12.8 Å². The molecule has 19 heavy (non-hydrogen) atoms. The standard InChI is InChI=1S/C10H11FN4O2S2/c1-12-5-7-4-8(2-3-9(7)11)19(16,17)15-10-14-13-6-18-10/h2-4,6,12H,5H2,1H3,(H,14,15). The summed E-state index contributed by atoms with van der Waals surface area (Å²) in [7, 11) is -2.12. The number of rotatable bonds is 5. The molecular weight excluding hydrogens is 291 g/mol. The van der Waals surface area contributed by atoms with Crippen LogP contribution in [0.5, 0.6) is 0 Å². The van der Waals surface area contributed by atoms with Crippen molar-refractivity contribution in [1.82, 2.24) is 15.5 Å². The number of aromatic nitrogens is 2. The molecule has 0 unspecified atom stereocenters. The highest BCUT2D eigenvalue weighted by molar-refractivity contribution is 7.93. The number of halogens is 1. The van der Waals surface area contributed by atoms with Gasteiger partial charge in [-0.3, -0.25) is 4.72 Å². The Balaban J connectivity index is 2.32. The van der Waals surface area contributed by atoms with Gasteiger partial charge in [0.25, 0.3) is 10.0 Å². The molecule has 1 aromatic carbocycles. The fourth-order valence-corrected chi connectivity index (χ4v) is 3.18. The van der Waals surface area contributed by atoms with Crippen molar-refractivity contribution >= 4 is 26.5 Å². The maximum Gasteiger partial charge on any atom is 0.263 e. The Hall–Kier alpha value is -1.58. The minimum absolute atomic E-state index is 0.0191. The maximum atomic E-state index is 13.4. The zero-order valence-electron chi connectivity index (χ0n) is 9.92. The highest BCUT2D eigenvalue weighted by atomic mass is 32.2. The third-order valence-electron chi connectivity index (χ3n) is 2.28. The molecule has 0 amide bonds. The molecule has 0 aliphatic rings. The molecular formula is C10H11FN4O2S2. The van der Waals surface area contributed by atoms with E-state index in [9.17, 15) is 12.8 Å². The number of anilines is 1. The van der Waals surface area contributed by atoms with Crippen molar-refractivity contribution in [2.24, 2.45) is 0 Å². The number of nitrogens with one attached hydrogen (secondary N) is 2. The lowest BCUT2D eigenvalue weighted by molar-refractivity contribution is 0.591. The first-order chi connectivity index (χ1) is 9.03. The van der Waals surface area contributed by atoms with Gasteiger partial charge < -0.3 is 5.32 Å². The fourth-order valence-electron chi connectivity index (χ4n) is 1.44. The monoisotopic (exact) mass is 302 g/mol. The first-order valence-corrected chi connectivity index (χ1v) is 7.61. The van der Waals surface area contributed by atoms with Crippen LogP contribution in [-0.4, -0.2) is 25.7 Å². The van der Waals surface area contributed by atoms with Crippen LogP contribution in [0.4, 0.5) is 9.52 Å². The van der Waals surface area contributed by atoms with Gasteiger partial charge in [0.2, 0.25) is 5.13 Å². The molecule has 2 rings (SSSR count). The number of hydrogen-bond acceptors (Lipinski definition) is 6. The highest BCUT2D eigenvalue weighted by Gasteiger charge is 2.17. The van der Waals surface area contributed by atoms with Crippen LogP contribution in [0.25, 0.3) is 0 Å². The van der Waals surface area contributed by atoms with Crippen LogP contribution in [0.15, 0.2) is 28.6 Å². The summed E-state index contributed by atoms with van der Waals surface area (Å²) in [5, 5.41) is 10.1. The summed E-state index contributed by atoms with van der Waals surface area (Å²) in [6.07, 6.45) is 0. The second-order valence-electron chi connectivity index (χ2n) is 3.63. The Kier molecular flexibility index (Phi) is 4.08. The zero-order chi connectivity index (χ0) is 13.9. The first kappa shape index (κ1) is 13.8. The first-order valence-electron chi connectivity index (χ1n) is 5.25. The Labute approximate surface area is 113 Å². The smallest absolute Gasteiger partial charge is 0.263 e. The number of benzene rings is 1. The molecule has 0 saturated carbocycles. The molecule has 9 heteroatoms. The molecule has 1 heterocycles. The second kappa shape index (κ2) is 5.59. The Morgan fingerprint density at radius 3 is 2.84 bits per heavy atom. The van der Waals surface area contributed by atoms with Crippen molar-refractivity contribution in [3.8, 4) is 0 Å². The van der Waals surface area contributed by atoms with E-state index in [4.69, 9.17) is 0 Å². The van der Waals surface area contributed by atoms with Crippen LogP contribution in [0.3, 0.4) is 0 Å². The molecule has 0 spiro atoms. The predicted molar refractivity (Wildman–Crippen MR) is 69.9 cm³/mol. The van der Waals surface area contributed by atoms with E-state index >= 15 is 0 Å². The van der Waals surface area contributed by atoms with E-state index in [0.29, 0.717) is 0 Å². The van der Waals surface area contributed by atoms with Crippen LogP contribution in [0.1, 0.15) is 5.56 Å². The van der Waals surface area contributed by atoms with Gasteiger partial charge in [-0.1, -0.05) is 11.3 Å². The molecule has 0 radical (unpaired) electrons. The van der Waals surface area contributed by atoms with Crippen molar-refractivity contribution in [1.29, 1.82) is 0 Å². The third kappa shape index (κ3) is 3.25. The summed E-state index contributed by atoms with van der Waals surface area (Å²) in [5.41, 5.74) is 1.69. The van der Waals surface area contributed by atoms with Crippen molar-refractivity contribution in [3.63, 3.8) is 0 Å². The molecule has 0 aliphatic carbocycles.